The smallest absolute Gasteiger partial charge is 0.258 e. The Hall–Kier alpha value is -2.63. The molecule has 1 heterocycles. The first-order chi connectivity index (χ1) is 12.1. The number of hydrogen-bond donors (Lipinski definition) is 1. The van der Waals surface area contributed by atoms with Crippen molar-refractivity contribution in [2.75, 3.05) is 6.54 Å². The van der Waals surface area contributed by atoms with Gasteiger partial charge in [-0.3, -0.25) is 14.3 Å². The van der Waals surface area contributed by atoms with Crippen molar-refractivity contribution in [2.24, 2.45) is 5.73 Å². The zero-order valence-electron chi connectivity index (χ0n) is 14.5. The molecule has 1 aromatic heterocycles. The topological polar surface area (TPSA) is 81.2 Å². The summed E-state index contributed by atoms with van der Waals surface area (Å²) in [6, 6.07) is 10.1. The molecule has 0 spiro atoms. The van der Waals surface area contributed by atoms with Crippen molar-refractivity contribution in [2.45, 2.75) is 45.2 Å². The lowest BCUT2D eigenvalue weighted by Crippen LogP contribution is -2.44. The molecule has 0 unspecified atom stereocenters. The first-order valence-corrected chi connectivity index (χ1v) is 8.72. The Morgan fingerprint density at radius 3 is 2.56 bits per heavy atom. The predicted octanol–water partition coefficient (Wildman–Crippen LogP) is 2.11. The fraction of sp³-hybridized carbons (Fsp3) is 0.421. The van der Waals surface area contributed by atoms with Crippen molar-refractivity contribution in [3.05, 3.63) is 53.3 Å². The fourth-order valence-corrected chi connectivity index (χ4v) is 3.48. The van der Waals surface area contributed by atoms with Gasteiger partial charge in [0.25, 0.3) is 5.91 Å². The van der Waals surface area contributed by atoms with E-state index in [0.717, 1.165) is 36.9 Å². The van der Waals surface area contributed by atoms with E-state index in [1.165, 1.54) is 0 Å². The summed E-state index contributed by atoms with van der Waals surface area (Å²) in [6.07, 6.45) is 5.62. The van der Waals surface area contributed by atoms with Gasteiger partial charge in [-0.25, -0.2) is 0 Å². The van der Waals surface area contributed by atoms with E-state index in [4.69, 9.17) is 5.73 Å². The van der Waals surface area contributed by atoms with E-state index < -0.39 is 5.91 Å². The van der Waals surface area contributed by atoms with Crippen LogP contribution in [0.2, 0.25) is 0 Å². The lowest BCUT2D eigenvalue weighted by Gasteiger charge is -2.27. The van der Waals surface area contributed by atoms with Gasteiger partial charge in [0.1, 0.15) is 0 Å². The molecule has 6 heteroatoms. The Bertz CT molecular complexity index is 748. The molecule has 0 radical (unpaired) electrons. The minimum absolute atomic E-state index is 0.0349. The van der Waals surface area contributed by atoms with E-state index in [-0.39, 0.29) is 18.5 Å². The number of nitrogens with zero attached hydrogens (tertiary/aromatic N) is 3. The first-order valence-electron chi connectivity index (χ1n) is 8.72. The van der Waals surface area contributed by atoms with Crippen molar-refractivity contribution in [1.29, 1.82) is 0 Å². The molecular formula is C19H24N4O2. The van der Waals surface area contributed by atoms with Crippen LogP contribution >= 0.6 is 0 Å². The molecule has 2 N–H and O–H groups in total. The number of benzene rings is 1. The van der Waals surface area contributed by atoms with Crippen LogP contribution in [0.1, 0.15) is 47.3 Å². The third kappa shape index (κ3) is 3.90. The van der Waals surface area contributed by atoms with E-state index in [0.29, 0.717) is 12.1 Å². The average Bonchev–Trinajstić information content (AvgIpc) is 3.24. The van der Waals surface area contributed by atoms with Crippen LogP contribution < -0.4 is 5.73 Å². The summed E-state index contributed by atoms with van der Waals surface area (Å²) in [4.78, 5) is 26.1. The molecule has 0 atom stereocenters. The number of nitrogens with two attached hydrogens (primary N) is 1. The summed E-state index contributed by atoms with van der Waals surface area (Å²) >= 11 is 0. The molecule has 0 aliphatic heterocycles. The Labute approximate surface area is 147 Å². The second-order valence-corrected chi connectivity index (χ2v) is 6.62. The quantitative estimate of drug-likeness (QED) is 0.874. The first kappa shape index (κ1) is 17.2. The van der Waals surface area contributed by atoms with Crippen LogP contribution in [0, 0.1) is 6.92 Å². The number of carbonyl (C=O) groups is 2. The number of amides is 2. The molecule has 2 aromatic rings. The van der Waals surface area contributed by atoms with Crippen LogP contribution in [0.5, 0.6) is 0 Å². The average molecular weight is 340 g/mol. The molecule has 6 nitrogen and oxygen atoms in total. The lowest BCUT2D eigenvalue weighted by molar-refractivity contribution is -0.119. The highest BCUT2D eigenvalue weighted by molar-refractivity contribution is 5.97. The molecular weight excluding hydrogens is 316 g/mol. The number of hydrogen-bond acceptors (Lipinski definition) is 3. The van der Waals surface area contributed by atoms with Gasteiger partial charge in [-0.2, -0.15) is 5.10 Å². The van der Waals surface area contributed by atoms with Crippen LogP contribution in [0.4, 0.5) is 0 Å². The van der Waals surface area contributed by atoms with Gasteiger partial charge in [-0.1, -0.05) is 43.2 Å². The number of rotatable bonds is 6. The molecule has 2 amide bonds. The van der Waals surface area contributed by atoms with Crippen molar-refractivity contribution >= 4 is 11.8 Å². The van der Waals surface area contributed by atoms with E-state index in [9.17, 15) is 9.59 Å². The molecule has 3 rings (SSSR count). The summed E-state index contributed by atoms with van der Waals surface area (Å²) < 4.78 is 1.82. The van der Waals surface area contributed by atoms with Gasteiger partial charge in [-0.05, 0) is 25.3 Å². The number of carbonyl (C=O) groups excluding carboxylic acids is 2. The molecule has 132 valence electrons. The zero-order chi connectivity index (χ0) is 17.8. The summed E-state index contributed by atoms with van der Waals surface area (Å²) in [7, 11) is 0. The standard InChI is InChI=1S/C19H24N4O2/c1-14-17(11-21-23(14)12-15-7-3-2-4-8-15)19(25)22(13-18(20)24)16-9-5-6-10-16/h2-4,7-8,11,16H,5-6,9-10,12-13H2,1H3,(H2,20,24). The van der Waals surface area contributed by atoms with E-state index >= 15 is 0 Å². The fourth-order valence-electron chi connectivity index (χ4n) is 3.48. The summed E-state index contributed by atoms with van der Waals surface area (Å²) in [6.45, 7) is 2.46. The summed E-state index contributed by atoms with van der Waals surface area (Å²) in [5, 5.41) is 4.37. The van der Waals surface area contributed by atoms with Crippen LogP contribution in [0.15, 0.2) is 36.5 Å². The molecule has 1 saturated carbocycles. The second kappa shape index (κ2) is 7.51. The van der Waals surface area contributed by atoms with Gasteiger partial charge < -0.3 is 10.6 Å². The van der Waals surface area contributed by atoms with Crippen LogP contribution in [-0.2, 0) is 11.3 Å². The third-order valence-corrected chi connectivity index (χ3v) is 4.86. The number of primary amides is 1. The highest BCUT2D eigenvalue weighted by Gasteiger charge is 2.30. The minimum Gasteiger partial charge on any atom is -0.368 e. The van der Waals surface area contributed by atoms with Crippen LogP contribution in [0.25, 0.3) is 0 Å². The van der Waals surface area contributed by atoms with E-state index in [1.54, 1.807) is 11.1 Å². The second-order valence-electron chi connectivity index (χ2n) is 6.62. The highest BCUT2D eigenvalue weighted by atomic mass is 16.2. The molecule has 0 saturated heterocycles. The summed E-state index contributed by atoms with van der Waals surface area (Å²) in [5.74, 6) is -0.628. The summed E-state index contributed by atoms with van der Waals surface area (Å²) in [5.41, 5.74) is 7.84. The maximum Gasteiger partial charge on any atom is 0.258 e. The van der Waals surface area contributed by atoms with Crippen LogP contribution in [0.3, 0.4) is 0 Å². The van der Waals surface area contributed by atoms with Crippen LogP contribution in [-0.4, -0.2) is 39.1 Å². The molecule has 1 aliphatic rings. The molecule has 25 heavy (non-hydrogen) atoms. The highest BCUT2D eigenvalue weighted by Crippen LogP contribution is 2.25. The van der Waals surface area contributed by atoms with Crippen molar-refractivity contribution < 1.29 is 9.59 Å². The molecule has 0 bridgehead atoms. The van der Waals surface area contributed by atoms with Crippen molar-refractivity contribution in [3.63, 3.8) is 0 Å². The monoisotopic (exact) mass is 340 g/mol. The van der Waals surface area contributed by atoms with Gasteiger partial charge >= 0.3 is 0 Å². The molecule has 1 aromatic carbocycles. The maximum atomic E-state index is 13.0. The zero-order valence-corrected chi connectivity index (χ0v) is 14.5. The normalized spacial score (nSPS) is 14.6. The van der Waals surface area contributed by atoms with Crippen molar-refractivity contribution in [3.8, 4) is 0 Å². The Morgan fingerprint density at radius 2 is 1.92 bits per heavy atom. The maximum absolute atomic E-state index is 13.0. The van der Waals surface area contributed by atoms with E-state index in [1.807, 2.05) is 41.9 Å². The van der Waals surface area contributed by atoms with Crippen molar-refractivity contribution in [1.82, 2.24) is 14.7 Å². The minimum atomic E-state index is -0.477. The van der Waals surface area contributed by atoms with E-state index in [2.05, 4.69) is 5.10 Å². The lowest BCUT2D eigenvalue weighted by atomic mass is 10.1. The molecule has 1 aliphatic carbocycles. The SMILES string of the molecule is Cc1c(C(=O)N(CC(N)=O)C2CCCC2)cnn1Cc1ccccc1. The molecule has 1 fully saturated rings. The third-order valence-electron chi connectivity index (χ3n) is 4.86. The van der Waals surface area contributed by atoms with Gasteiger partial charge in [-0.15, -0.1) is 0 Å². The largest absolute Gasteiger partial charge is 0.368 e. The van der Waals surface area contributed by atoms with Gasteiger partial charge in [0.2, 0.25) is 5.91 Å². The Morgan fingerprint density at radius 1 is 1.24 bits per heavy atom. The number of aromatic nitrogens is 2. The van der Waals surface area contributed by atoms with Gasteiger partial charge in [0.15, 0.2) is 0 Å². The van der Waals surface area contributed by atoms with Gasteiger partial charge in [0.05, 0.1) is 24.8 Å². The Kier molecular flexibility index (Phi) is 5.16. The Balaban J connectivity index is 1.81. The predicted molar refractivity (Wildman–Crippen MR) is 95.0 cm³/mol. The van der Waals surface area contributed by atoms with Gasteiger partial charge in [0, 0.05) is 11.7 Å².